The van der Waals surface area contributed by atoms with Crippen molar-refractivity contribution in [2.45, 2.75) is 26.1 Å². The molecule has 0 bridgehead atoms. The van der Waals surface area contributed by atoms with Crippen LogP contribution in [0.3, 0.4) is 0 Å². The molecule has 1 saturated heterocycles. The van der Waals surface area contributed by atoms with E-state index in [1.54, 1.807) is 19.2 Å². The fraction of sp³-hybridized carbons (Fsp3) is 0.611. The van der Waals surface area contributed by atoms with E-state index in [1.165, 1.54) is 12.1 Å². The van der Waals surface area contributed by atoms with Crippen LogP contribution in [0, 0.1) is 5.82 Å². The SMILES string of the molecule is CCN(C)CCNC(=NC)N1CC(C)OC(c2ccc(F)cc2)C1.I. The summed E-state index contributed by atoms with van der Waals surface area (Å²) >= 11 is 0. The lowest BCUT2D eigenvalue weighted by Crippen LogP contribution is -2.51. The molecule has 142 valence electrons. The average molecular weight is 464 g/mol. The summed E-state index contributed by atoms with van der Waals surface area (Å²) in [6.07, 6.45) is 0.0110. The highest BCUT2D eigenvalue weighted by molar-refractivity contribution is 14.0. The minimum Gasteiger partial charge on any atom is -0.367 e. The van der Waals surface area contributed by atoms with Crippen molar-refractivity contribution in [3.05, 3.63) is 35.6 Å². The van der Waals surface area contributed by atoms with Gasteiger partial charge >= 0.3 is 0 Å². The molecular weight excluding hydrogens is 434 g/mol. The number of nitrogens with one attached hydrogen (secondary N) is 1. The van der Waals surface area contributed by atoms with Crippen LogP contribution in [0.2, 0.25) is 0 Å². The van der Waals surface area contributed by atoms with Crippen LogP contribution in [0.5, 0.6) is 0 Å². The highest BCUT2D eigenvalue weighted by Gasteiger charge is 2.28. The summed E-state index contributed by atoms with van der Waals surface area (Å²) in [5.74, 6) is 0.666. The number of aliphatic imine (C=N–C) groups is 1. The van der Waals surface area contributed by atoms with Gasteiger partial charge in [-0.3, -0.25) is 4.99 Å². The van der Waals surface area contributed by atoms with Crippen molar-refractivity contribution in [3.8, 4) is 0 Å². The number of guanidine groups is 1. The first-order chi connectivity index (χ1) is 11.5. The standard InChI is InChI=1S/C18H29FN4O.HI/c1-5-22(4)11-10-21-18(20-3)23-12-14(2)24-17(13-23)15-6-8-16(19)9-7-15;/h6-9,14,17H,5,10-13H2,1-4H3,(H,20,21);1H. The quantitative estimate of drug-likeness (QED) is 0.414. The second kappa shape index (κ2) is 10.9. The number of hydrogen-bond donors (Lipinski definition) is 1. The van der Waals surface area contributed by atoms with Crippen molar-refractivity contribution < 1.29 is 9.13 Å². The Morgan fingerprint density at radius 3 is 2.64 bits per heavy atom. The Morgan fingerprint density at radius 1 is 1.36 bits per heavy atom. The highest BCUT2D eigenvalue weighted by atomic mass is 127. The van der Waals surface area contributed by atoms with Crippen molar-refractivity contribution in [2.24, 2.45) is 4.99 Å². The van der Waals surface area contributed by atoms with Crippen LogP contribution in [0.4, 0.5) is 4.39 Å². The molecule has 2 unspecified atom stereocenters. The summed E-state index contributed by atoms with van der Waals surface area (Å²) in [5, 5.41) is 3.42. The Labute approximate surface area is 167 Å². The largest absolute Gasteiger partial charge is 0.367 e. The molecule has 1 aromatic carbocycles. The van der Waals surface area contributed by atoms with Gasteiger partial charge in [0, 0.05) is 26.7 Å². The van der Waals surface area contributed by atoms with Gasteiger partial charge in [0.2, 0.25) is 0 Å². The van der Waals surface area contributed by atoms with E-state index >= 15 is 0 Å². The Morgan fingerprint density at radius 2 is 2.04 bits per heavy atom. The number of rotatable bonds is 5. The third-order valence-electron chi connectivity index (χ3n) is 4.33. The zero-order valence-corrected chi connectivity index (χ0v) is 17.9. The molecule has 0 aromatic heterocycles. The average Bonchev–Trinajstić information content (AvgIpc) is 2.58. The van der Waals surface area contributed by atoms with Crippen molar-refractivity contribution in [1.82, 2.24) is 15.1 Å². The van der Waals surface area contributed by atoms with Crippen molar-refractivity contribution in [3.63, 3.8) is 0 Å². The number of nitrogens with zero attached hydrogens (tertiary/aromatic N) is 3. The van der Waals surface area contributed by atoms with Gasteiger partial charge < -0.3 is 19.9 Å². The molecule has 5 nitrogen and oxygen atoms in total. The fourth-order valence-electron chi connectivity index (χ4n) is 2.83. The van der Waals surface area contributed by atoms with Gasteiger partial charge in [-0.25, -0.2) is 4.39 Å². The third-order valence-corrected chi connectivity index (χ3v) is 4.33. The molecule has 7 heteroatoms. The first kappa shape index (κ1) is 22.1. The number of morpholine rings is 1. The summed E-state index contributed by atoms with van der Waals surface area (Å²) in [5.41, 5.74) is 0.995. The third kappa shape index (κ3) is 6.71. The summed E-state index contributed by atoms with van der Waals surface area (Å²) in [4.78, 5) is 8.88. The monoisotopic (exact) mass is 464 g/mol. The topological polar surface area (TPSA) is 40.1 Å². The van der Waals surface area contributed by atoms with E-state index in [-0.39, 0.29) is 42.0 Å². The van der Waals surface area contributed by atoms with Crippen molar-refractivity contribution in [2.75, 3.05) is 46.8 Å². The molecule has 1 aromatic rings. The maximum atomic E-state index is 13.1. The van der Waals surface area contributed by atoms with Crippen LogP contribution < -0.4 is 5.32 Å². The molecule has 2 rings (SSSR count). The van der Waals surface area contributed by atoms with E-state index in [0.29, 0.717) is 6.54 Å². The Bertz CT molecular complexity index is 540. The fourth-order valence-corrected chi connectivity index (χ4v) is 2.83. The zero-order chi connectivity index (χ0) is 17.5. The van der Waals surface area contributed by atoms with Gasteiger partial charge in [0.25, 0.3) is 0 Å². The molecule has 1 heterocycles. The molecule has 2 atom stereocenters. The lowest BCUT2D eigenvalue weighted by Gasteiger charge is -2.38. The van der Waals surface area contributed by atoms with Gasteiger partial charge in [0.1, 0.15) is 11.9 Å². The molecule has 0 amide bonds. The van der Waals surface area contributed by atoms with Gasteiger partial charge in [0.05, 0.1) is 12.6 Å². The smallest absolute Gasteiger partial charge is 0.193 e. The molecule has 1 aliphatic heterocycles. The van der Waals surface area contributed by atoms with Gasteiger partial charge in [-0.15, -0.1) is 24.0 Å². The van der Waals surface area contributed by atoms with E-state index in [0.717, 1.165) is 37.7 Å². The minimum atomic E-state index is -0.225. The van der Waals surface area contributed by atoms with E-state index < -0.39 is 0 Å². The predicted octanol–water partition coefficient (Wildman–Crippen LogP) is 2.73. The summed E-state index contributed by atoms with van der Waals surface area (Å²) in [7, 11) is 3.91. The van der Waals surface area contributed by atoms with Gasteiger partial charge in [-0.05, 0) is 38.2 Å². The molecule has 0 aliphatic carbocycles. The minimum absolute atomic E-state index is 0. The molecule has 0 radical (unpaired) electrons. The molecule has 1 aliphatic rings. The lowest BCUT2D eigenvalue weighted by molar-refractivity contribution is -0.0605. The Hall–Kier alpha value is -0.930. The van der Waals surface area contributed by atoms with E-state index in [1.807, 2.05) is 0 Å². The highest BCUT2D eigenvalue weighted by Crippen LogP contribution is 2.25. The number of ether oxygens (including phenoxy) is 1. The first-order valence-corrected chi connectivity index (χ1v) is 8.58. The Balaban J connectivity index is 0.00000312. The van der Waals surface area contributed by atoms with Crippen LogP contribution in [-0.2, 0) is 4.74 Å². The first-order valence-electron chi connectivity index (χ1n) is 8.58. The maximum absolute atomic E-state index is 13.1. The predicted molar refractivity (Wildman–Crippen MR) is 111 cm³/mol. The molecule has 0 saturated carbocycles. The van der Waals surface area contributed by atoms with Crippen LogP contribution in [-0.4, -0.2) is 68.7 Å². The lowest BCUT2D eigenvalue weighted by atomic mass is 10.1. The van der Waals surface area contributed by atoms with Crippen molar-refractivity contribution in [1.29, 1.82) is 0 Å². The van der Waals surface area contributed by atoms with E-state index in [2.05, 4.69) is 41.0 Å². The second-order valence-corrected chi connectivity index (χ2v) is 6.26. The normalized spacial score (nSPS) is 21.2. The van der Waals surface area contributed by atoms with Crippen molar-refractivity contribution >= 4 is 29.9 Å². The Kier molecular flexibility index (Phi) is 9.66. The van der Waals surface area contributed by atoms with Crippen LogP contribution >= 0.6 is 24.0 Å². The summed E-state index contributed by atoms with van der Waals surface area (Å²) in [6, 6.07) is 6.55. The molecule has 1 N–H and O–H groups in total. The molecule has 0 spiro atoms. The number of halogens is 2. The van der Waals surface area contributed by atoms with E-state index in [4.69, 9.17) is 4.74 Å². The molecule has 25 heavy (non-hydrogen) atoms. The van der Waals surface area contributed by atoms with E-state index in [9.17, 15) is 4.39 Å². The maximum Gasteiger partial charge on any atom is 0.193 e. The number of hydrogen-bond acceptors (Lipinski definition) is 3. The second-order valence-electron chi connectivity index (χ2n) is 6.26. The summed E-state index contributed by atoms with van der Waals surface area (Å²) in [6.45, 7) is 8.55. The van der Waals surface area contributed by atoms with Crippen LogP contribution in [0.15, 0.2) is 29.3 Å². The number of likely N-dealkylation sites (N-methyl/N-ethyl adjacent to an activating group) is 1. The zero-order valence-electron chi connectivity index (χ0n) is 15.5. The van der Waals surface area contributed by atoms with Gasteiger partial charge in [-0.2, -0.15) is 0 Å². The van der Waals surface area contributed by atoms with Crippen LogP contribution in [0.25, 0.3) is 0 Å². The molecule has 1 fully saturated rings. The van der Waals surface area contributed by atoms with Crippen LogP contribution in [0.1, 0.15) is 25.5 Å². The summed E-state index contributed by atoms with van der Waals surface area (Å²) < 4.78 is 19.2. The van der Waals surface area contributed by atoms with Gasteiger partial charge in [0.15, 0.2) is 5.96 Å². The number of benzene rings is 1. The van der Waals surface area contributed by atoms with Gasteiger partial charge in [-0.1, -0.05) is 19.1 Å². The molecular formula is C18H30FIN4O.